The van der Waals surface area contributed by atoms with Gasteiger partial charge >= 0.3 is 0 Å². The molecule has 0 aromatic carbocycles. The molecule has 34 heavy (non-hydrogen) atoms. The molecule has 0 aromatic heterocycles. The lowest BCUT2D eigenvalue weighted by molar-refractivity contribution is -0.302. The van der Waals surface area contributed by atoms with Crippen molar-refractivity contribution in [3.63, 3.8) is 0 Å². The zero-order chi connectivity index (χ0) is 25.2. The second kappa shape index (κ2) is 19.4. The summed E-state index contributed by atoms with van der Waals surface area (Å²) in [5.41, 5.74) is 0. The third-order valence-electron chi connectivity index (χ3n) is 6.62. The number of carbonyl (C=O) groups excluding carboxylic acids is 1. The van der Waals surface area contributed by atoms with Crippen LogP contribution in [-0.4, -0.2) is 76.3 Å². The van der Waals surface area contributed by atoms with Crippen molar-refractivity contribution < 1.29 is 34.7 Å². The SMILES string of the molecule is CCCCCCCCCCCCCCCC[C@H](CO[C@@H]1OC(CO)[C@@H](O)C(O)[C@@H]1O)NC(C)=O. The molecule has 1 fully saturated rings. The van der Waals surface area contributed by atoms with Crippen LogP contribution in [0.25, 0.3) is 0 Å². The topological polar surface area (TPSA) is 128 Å². The van der Waals surface area contributed by atoms with Crippen LogP contribution < -0.4 is 5.32 Å². The molecular weight excluding hydrogens is 438 g/mol. The van der Waals surface area contributed by atoms with Gasteiger partial charge in [-0.2, -0.15) is 0 Å². The van der Waals surface area contributed by atoms with Gasteiger partial charge in [0.1, 0.15) is 24.4 Å². The number of rotatable bonds is 20. The van der Waals surface area contributed by atoms with Crippen LogP contribution in [0.5, 0.6) is 0 Å². The molecule has 5 N–H and O–H groups in total. The highest BCUT2D eigenvalue weighted by molar-refractivity contribution is 5.73. The Morgan fingerprint density at radius 3 is 1.79 bits per heavy atom. The molecule has 0 bridgehead atoms. The zero-order valence-corrected chi connectivity index (χ0v) is 21.5. The fourth-order valence-electron chi connectivity index (χ4n) is 4.49. The van der Waals surface area contributed by atoms with Crippen molar-refractivity contribution in [3.8, 4) is 0 Å². The average Bonchev–Trinajstić information content (AvgIpc) is 2.81. The van der Waals surface area contributed by atoms with Crippen LogP contribution in [0.1, 0.15) is 110 Å². The van der Waals surface area contributed by atoms with Gasteiger partial charge in [0.25, 0.3) is 0 Å². The third kappa shape index (κ3) is 13.4. The lowest BCUT2D eigenvalue weighted by Gasteiger charge is -2.40. The highest BCUT2D eigenvalue weighted by atomic mass is 16.7. The fraction of sp³-hybridized carbons (Fsp3) is 0.962. The van der Waals surface area contributed by atoms with Gasteiger partial charge in [-0.25, -0.2) is 0 Å². The summed E-state index contributed by atoms with van der Waals surface area (Å²) in [5.74, 6) is -0.159. The number of carbonyl (C=O) groups is 1. The second-order valence-electron chi connectivity index (χ2n) is 9.81. The average molecular weight is 490 g/mol. The number of aliphatic hydroxyl groups excluding tert-OH is 4. The fourth-order valence-corrected chi connectivity index (χ4v) is 4.49. The predicted molar refractivity (Wildman–Crippen MR) is 132 cm³/mol. The first kappa shape index (κ1) is 31.3. The highest BCUT2D eigenvalue weighted by Gasteiger charge is 2.44. The molecule has 202 valence electrons. The molecule has 1 heterocycles. The van der Waals surface area contributed by atoms with Crippen molar-refractivity contribution in [2.24, 2.45) is 0 Å². The summed E-state index contributed by atoms with van der Waals surface area (Å²) in [4.78, 5) is 11.6. The van der Waals surface area contributed by atoms with Gasteiger partial charge in [-0.3, -0.25) is 4.79 Å². The van der Waals surface area contributed by atoms with Gasteiger partial charge in [0.05, 0.1) is 19.3 Å². The molecule has 2 unspecified atom stereocenters. The molecule has 6 atom stereocenters. The van der Waals surface area contributed by atoms with Crippen LogP contribution in [0.4, 0.5) is 0 Å². The maximum Gasteiger partial charge on any atom is 0.217 e. The van der Waals surface area contributed by atoms with E-state index in [0.717, 1.165) is 19.3 Å². The van der Waals surface area contributed by atoms with Crippen LogP contribution >= 0.6 is 0 Å². The summed E-state index contributed by atoms with van der Waals surface area (Å²) < 4.78 is 11.0. The minimum Gasteiger partial charge on any atom is -0.394 e. The van der Waals surface area contributed by atoms with Crippen LogP contribution in [0.15, 0.2) is 0 Å². The largest absolute Gasteiger partial charge is 0.394 e. The van der Waals surface area contributed by atoms with Gasteiger partial charge in [-0.05, 0) is 6.42 Å². The van der Waals surface area contributed by atoms with E-state index in [9.17, 15) is 25.2 Å². The second-order valence-corrected chi connectivity index (χ2v) is 9.81. The number of unbranched alkanes of at least 4 members (excludes halogenated alkanes) is 13. The van der Waals surface area contributed by atoms with E-state index < -0.39 is 37.3 Å². The Hall–Kier alpha value is -0.770. The normalized spacial score (nSPS) is 25.9. The van der Waals surface area contributed by atoms with Gasteiger partial charge in [-0.15, -0.1) is 0 Å². The summed E-state index contributed by atoms with van der Waals surface area (Å²) in [6, 6.07) is -0.234. The molecule has 8 nitrogen and oxygen atoms in total. The monoisotopic (exact) mass is 489 g/mol. The lowest BCUT2D eigenvalue weighted by Crippen LogP contribution is -2.59. The number of aliphatic hydroxyl groups is 4. The molecule has 0 spiro atoms. The van der Waals surface area contributed by atoms with Gasteiger partial charge in [0.15, 0.2) is 6.29 Å². The van der Waals surface area contributed by atoms with Crippen LogP contribution in [-0.2, 0) is 14.3 Å². The third-order valence-corrected chi connectivity index (χ3v) is 6.62. The molecule has 0 aromatic rings. The van der Waals surface area contributed by atoms with Crippen LogP contribution in [0.3, 0.4) is 0 Å². The smallest absolute Gasteiger partial charge is 0.217 e. The molecular formula is C26H51NO7. The van der Waals surface area contributed by atoms with Crippen molar-refractivity contribution in [2.75, 3.05) is 13.2 Å². The molecule has 0 saturated carbocycles. The summed E-state index contributed by atoms with van der Waals surface area (Å²) in [5, 5.41) is 42.0. The molecule has 8 heteroatoms. The van der Waals surface area contributed by atoms with Gasteiger partial charge in [0, 0.05) is 6.92 Å². The molecule has 1 aliphatic heterocycles. The van der Waals surface area contributed by atoms with Crippen molar-refractivity contribution in [3.05, 3.63) is 0 Å². The molecule has 1 rings (SSSR count). The maximum absolute atomic E-state index is 11.6. The Morgan fingerprint density at radius 1 is 0.824 bits per heavy atom. The number of amides is 1. The highest BCUT2D eigenvalue weighted by Crippen LogP contribution is 2.22. The summed E-state index contributed by atoms with van der Waals surface area (Å²) in [6.07, 6.45) is 12.2. The van der Waals surface area contributed by atoms with Crippen molar-refractivity contribution in [1.82, 2.24) is 5.32 Å². The van der Waals surface area contributed by atoms with E-state index in [4.69, 9.17) is 9.47 Å². The van der Waals surface area contributed by atoms with E-state index in [1.54, 1.807) is 0 Å². The number of ether oxygens (including phenoxy) is 2. The predicted octanol–water partition coefficient (Wildman–Crippen LogP) is 3.18. The first-order valence-corrected chi connectivity index (χ1v) is 13.6. The van der Waals surface area contributed by atoms with Gasteiger partial charge in [0.2, 0.25) is 5.91 Å². The van der Waals surface area contributed by atoms with E-state index in [-0.39, 0.29) is 18.6 Å². The number of nitrogens with one attached hydrogen (secondary N) is 1. The minimum absolute atomic E-state index is 0.112. The first-order valence-electron chi connectivity index (χ1n) is 13.6. The Morgan fingerprint density at radius 2 is 1.32 bits per heavy atom. The zero-order valence-electron chi connectivity index (χ0n) is 21.5. The molecule has 1 aliphatic rings. The lowest BCUT2D eigenvalue weighted by atomic mass is 9.99. The van der Waals surface area contributed by atoms with Crippen LogP contribution in [0, 0.1) is 0 Å². The summed E-state index contributed by atoms with van der Waals surface area (Å²) >= 11 is 0. The Kier molecular flexibility index (Phi) is 17.9. The van der Waals surface area contributed by atoms with Gasteiger partial charge < -0.3 is 35.2 Å². The number of hydrogen-bond acceptors (Lipinski definition) is 7. The summed E-state index contributed by atoms with van der Waals surface area (Å²) in [7, 11) is 0. The van der Waals surface area contributed by atoms with E-state index in [1.165, 1.54) is 84.0 Å². The van der Waals surface area contributed by atoms with Crippen molar-refractivity contribution in [1.29, 1.82) is 0 Å². The van der Waals surface area contributed by atoms with Crippen molar-refractivity contribution in [2.45, 2.75) is 147 Å². The molecule has 1 saturated heterocycles. The Balaban J connectivity index is 2.15. The molecule has 1 amide bonds. The Labute approximate surface area is 206 Å². The minimum atomic E-state index is -1.47. The van der Waals surface area contributed by atoms with Crippen LogP contribution in [0.2, 0.25) is 0 Å². The summed E-state index contributed by atoms with van der Waals surface area (Å²) in [6.45, 7) is 3.32. The number of hydrogen-bond donors (Lipinski definition) is 5. The molecule has 0 radical (unpaired) electrons. The molecule has 0 aliphatic carbocycles. The Bertz CT molecular complexity index is 506. The van der Waals surface area contributed by atoms with Crippen molar-refractivity contribution >= 4 is 5.91 Å². The quantitative estimate of drug-likeness (QED) is 0.166. The standard InChI is InChI=1S/C26H51NO7/c1-3-4-5-6-7-8-9-10-11-12-13-14-15-16-17-21(27-20(2)29)19-33-26-25(32)24(31)23(30)22(18-28)34-26/h21-26,28,30-32H,3-19H2,1-2H3,(H,27,29)/t21-,22?,23-,24?,25+,26-/m1/s1. The first-order chi connectivity index (χ1) is 16.4. The van der Waals surface area contributed by atoms with Gasteiger partial charge in [-0.1, -0.05) is 96.8 Å². The van der Waals surface area contributed by atoms with E-state index >= 15 is 0 Å². The van der Waals surface area contributed by atoms with E-state index in [0.29, 0.717) is 0 Å². The van der Waals surface area contributed by atoms with E-state index in [1.807, 2.05) is 0 Å². The van der Waals surface area contributed by atoms with E-state index in [2.05, 4.69) is 12.2 Å². The maximum atomic E-state index is 11.6.